The number of hydrogen-bond acceptors (Lipinski definition) is 4. The van der Waals surface area contributed by atoms with Crippen LogP contribution < -0.4 is 0 Å². The smallest absolute Gasteiger partial charge is 0.207 e. The van der Waals surface area contributed by atoms with E-state index in [1.54, 1.807) is 0 Å². The summed E-state index contributed by atoms with van der Waals surface area (Å²) in [5, 5.41) is 0. The topological polar surface area (TPSA) is 71.5 Å². The fourth-order valence-electron chi connectivity index (χ4n) is 2.50. The summed E-state index contributed by atoms with van der Waals surface area (Å²) < 4.78 is 60.7. The van der Waals surface area contributed by atoms with Crippen molar-refractivity contribution in [3.63, 3.8) is 0 Å². The molecule has 1 aliphatic rings. The molecular formula is C13H18FNO4S2. The molecule has 0 saturated carbocycles. The molecule has 1 atom stereocenters. The molecule has 0 N–H and O–H groups in total. The molecule has 1 fully saturated rings. The fraction of sp³-hybridized carbons (Fsp3) is 0.538. The van der Waals surface area contributed by atoms with E-state index in [0.29, 0.717) is 19.0 Å². The van der Waals surface area contributed by atoms with E-state index in [-0.39, 0.29) is 4.90 Å². The zero-order chi connectivity index (χ0) is 15.7. The van der Waals surface area contributed by atoms with Gasteiger partial charge in [-0.15, -0.1) is 3.89 Å². The summed E-state index contributed by atoms with van der Waals surface area (Å²) >= 11 is 0. The van der Waals surface area contributed by atoms with Crippen LogP contribution in [-0.2, 0) is 20.2 Å². The third-order valence-corrected chi connectivity index (χ3v) is 6.52. The Morgan fingerprint density at radius 1 is 1.14 bits per heavy atom. The van der Waals surface area contributed by atoms with Gasteiger partial charge in [-0.25, -0.2) is 8.42 Å². The van der Waals surface area contributed by atoms with Gasteiger partial charge in [0.25, 0.3) is 0 Å². The Bertz CT molecular complexity index is 698. The molecule has 0 bridgehead atoms. The first kappa shape index (κ1) is 16.4. The van der Waals surface area contributed by atoms with Crippen LogP contribution in [0.5, 0.6) is 0 Å². The van der Waals surface area contributed by atoms with Crippen LogP contribution in [-0.4, -0.2) is 34.2 Å². The van der Waals surface area contributed by atoms with Gasteiger partial charge in [0, 0.05) is 13.1 Å². The van der Waals surface area contributed by atoms with Gasteiger partial charge < -0.3 is 0 Å². The first-order chi connectivity index (χ1) is 9.75. The zero-order valence-corrected chi connectivity index (χ0v) is 13.3. The van der Waals surface area contributed by atoms with E-state index in [1.165, 1.54) is 4.31 Å². The molecule has 1 aromatic carbocycles. The van der Waals surface area contributed by atoms with Crippen LogP contribution in [0.2, 0.25) is 0 Å². The van der Waals surface area contributed by atoms with Gasteiger partial charge in [-0.1, -0.05) is 13.3 Å². The van der Waals surface area contributed by atoms with E-state index >= 15 is 0 Å². The molecule has 0 aliphatic carbocycles. The van der Waals surface area contributed by atoms with Gasteiger partial charge >= 0.3 is 10.2 Å². The minimum Gasteiger partial charge on any atom is -0.207 e. The van der Waals surface area contributed by atoms with Crippen molar-refractivity contribution >= 4 is 20.2 Å². The first-order valence-electron chi connectivity index (χ1n) is 6.80. The Kier molecular flexibility index (Phi) is 4.69. The number of rotatable bonds is 4. The van der Waals surface area contributed by atoms with Gasteiger partial charge in [0.15, 0.2) is 0 Å². The van der Waals surface area contributed by atoms with Crippen LogP contribution in [0.3, 0.4) is 0 Å². The largest absolute Gasteiger partial charge is 0.332 e. The predicted molar refractivity (Wildman–Crippen MR) is 76.5 cm³/mol. The van der Waals surface area contributed by atoms with Crippen LogP contribution >= 0.6 is 0 Å². The van der Waals surface area contributed by atoms with E-state index in [2.05, 4.69) is 0 Å². The van der Waals surface area contributed by atoms with E-state index in [0.717, 1.165) is 43.5 Å². The van der Waals surface area contributed by atoms with Crippen LogP contribution in [0.4, 0.5) is 3.89 Å². The van der Waals surface area contributed by atoms with Crippen molar-refractivity contribution in [1.82, 2.24) is 4.31 Å². The van der Waals surface area contributed by atoms with Crippen molar-refractivity contribution in [2.24, 2.45) is 5.92 Å². The number of sulfonamides is 1. The summed E-state index contributed by atoms with van der Waals surface area (Å²) in [6, 6.07) is 4.22. The van der Waals surface area contributed by atoms with Crippen molar-refractivity contribution in [1.29, 1.82) is 0 Å². The van der Waals surface area contributed by atoms with Gasteiger partial charge in [0.1, 0.15) is 0 Å². The molecule has 1 saturated heterocycles. The molecule has 1 aliphatic heterocycles. The third kappa shape index (κ3) is 3.61. The maximum absolute atomic E-state index is 12.8. The second-order valence-corrected chi connectivity index (χ2v) is 8.47. The van der Waals surface area contributed by atoms with E-state index in [1.807, 2.05) is 6.92 Å². The lowest BCUT2D eigenvalue weighted by atomic mass is 9.97. The second-order valence-electron chi connectivity index (χ2n) is 5.19. The third-order valence-electron chi connectivity index (χ3n) is 3.80. The highest BCUT2D eigenvalue weighted by Gasteiger charge is 2.29. The van der Waals surface area contributed by atoms with Crippen LogP contribution in [0.1, 0.15) is 26.2 Å². The number of halogens is 1. The van der Waals surface area contributed by atoms with E-state index < -0.39 is 25.1 Å². The molecule has 0 radical (unpaired) electrons. The predicted octanol–water partition coefficient (Wildman–Crippen LogP) is 2.16. The molecule has 1 aromatic rings. The highest BCUT2D eigenvalue weighted by atomic mass is 32.3. The van der Waals surface area contributed by atoms with Crippen molar-refractivity contribution < 1.29 is 20.7 Å². The molecule has 0 spiro atoms. The monoisotopic (exact) mass is 335 g/mol. The lowest BCUT2D eigenvalue weighted by Gasteiger charge is -2.31. The zero-order valence-electron chi connectivity index (χ0n) is 11.7. The molecule has 118 valence electrons. The van der Waals surface area contributed by atoms with E-state index in [4.69, 9.17) is 0 Å². The summed E-state index contributed by atoms with van der Waals surface area (Å²) in [5.41, 5.74) is 0. The number of nitrogens with zero attached hydrogens (tertiary/aromatic N) is 1. The summed E-state index contributed by atoms with van der Waals surface area (Å²) in [5.74, 6) is 0.346. The molecule has 5 nitrogen and oxygen atoms in total. The standard InChI is InChI=1S/C13H18FNO4S2/c1-2-11-4-3-9-15(10-11)21(18,19)13-7-5-12(6-8-13)20(14,16)17/h5-8,11H,2-4,9-10H2,1H3. The normalized spacial score (nSPS) is 21.3. The molecule has 0 aromatic heterocycles. The van der Waals surface area contributed by atoms with E-state index in [9.17, 15) is 20.7 Å². The Morgan fingerprint density at radius 3 is 2.24 bits per heavy atom. The summed E-state index contributed by atoms with van der Waals surface area (Å²) in [6.45, 7) is 2.96. The molecule has 8 heteroatoms. The van der Waals surface area contributed by atoms with Gasteiger partial charge in [0.05, 0.1) is 9.79 Å². The van der Waals surface area contributed by atoms with Gasteiger partial charge in [-0.05, 0) is 43.0 Å². The molecule has 1 heterocycles. The Hall–Kier alpha value is -0.990. The minimum atomic E-state index is -4.81. The van der Waals surface area contributed by atoms with Crippen LogP contribution in [0.15, 0.2) is 34.1 Å². The quantitative estimate of drug-likeness (QED) is 0.791. The minimum absolute atomic E-state index is 0.00773. The lowest BCUT2D eigenvalue weighted by Crippen LogP contribution is -2.39. The number of piperidine rings is 1. The molecule has 0 amide bonds. The molecule has 21 heavy (non-hydrogen) atoms. The SMILES string of the molecule is CCC1CCCN(S(=O)(=O)c2ccc(S(=O)(=O)F)cc2)C1. The Labute approximate surface area is 125 Å². The second kappa shape index (κ2) is 6.02. The average molecular weight is 335 g/mol. The Balaban J connectivity index is 2.27. The van der Waals surface area contributed by atoms with Crippen molar-refractivity contribution in [3.05, 3.63) is 24.3 Å². The molecule has 2 rings (SSSR count). The molecular weight excluding hydrogens is 317 g/mol. The highest BCUT2D eigenvalue weighted by molar-refractivity contribution is 7.89. The maximum Gasteiger partial charge on any atom is 0.332 e. The number of hydrogen-bond donors (Lipinski definition) is 0. The molecule has 1 unspecified atom stereocenters. The fourth-order valence-corrected chi connectivity index (χ4v) is 4.52. The highest BCUT2D eigenvalue weighted by Crippen LogP contribution is 2.26. The first-order valence-corrected chi connectivity index (χ1v) is 9.62. The summed E-state index contributed by atoms with van der Waals surface area (Å²) in [4.78, 5) is -0.543. The van der Waals surface area contributed by atoms with Gasteiger partial charge in [-0.3, -0.25) is 0 Å². The van der Waals surface area contributed by atoms with Crippen LogP contribution in [0, 0.1) is 5.92 Å². The van der Waals surface area contributed by atoms with Gasteiger partial charge in [-0.2, -0.15) is 12.7 Å². The summed E-state index contributed by atoms with van der Waals surface area (Å²) in [6.07, 6.45) is 2.75. The van der Waals surface area contributed by atoms with Crippen LogP contribution in [0.25, 0.3) is 0 Å². The van der Waals surface area contributed by atoms with Crippen molar-refractivity contribution in [3.8, 4) is 0 Å². The van der Waals surface area contributed by atoms with Gasteiger partial charge in [0.2, 0.25) is 10.0 Å². The maximum atomic E-state index is 12.8. The number of benzene rings is 1. The average Bonchev–Trinajstić information content (AvgIpc) is 2.46. The Morgan fingerprint density at radius 2 is 1.71 bits per heavy atom. The lowest BCUT2D eigenvalue weighted by molar-refractivity contribution is 0.261. The van der Waals surface area contributed by atoms with Crippen molar-refractivity contribution in [2.45, 2.75) is 36.0 Å². The summed E-state index contributed by atoms with van der Waals surface area (Å²) in [7, 11) is -8.46. The van der Waals surface area contributed by atoms with Crippen molar-refractivity contribution in [2.75, 3.05) is 13.1 Å².